The van der Waals surface area contributed by atoms with Gasteiger partial charge in [-0.05, 0) is 50.5 Å². The maximum Gasteiger partial charge on any atom is 0.214 e. The van der Waals surface area contributed by atoms with E-state index >= 15 is 0 Å². The van der Waals surface area contributed by atoms with Crippen molar-refractivity contribution in [2.24, 2.45) is 11.8 Å². The number of hydrogen-bond donors (Lipinski definition) is 1. The van der Waals surface area contributed by atoms with Crippen LogP contribution in [0.3, 0.4) is 0 Å². The third kappa shape index (κ3) is 4.17. The minimum atomic E-state index is -3.01. The van der Waals surface area contributed by atoms with E-state index in [0.29, 0.717) is 23.6 Å². The lowest BCUT2D eigenvalue weighted by molar-refractivity contribution is 0.234. The van der Waals surface area contributed by atoms with E-state index in [1.54, 1.807) is 4.31 Å². The highest BCUT2D eigenvalue weighted by atomic mass is 32.2. The fourth-order valence-electron chi connectivity index (χ4n) is 3.18. The van der Waals surface area contributed by atoms with Gasteiger partial charge in [-0.3, -0.25) is 0 Å². The molecule has 19 heavy (non-hydrogen) atoms. The van der Waals surface area contributed by atoms with E-state index in [0.717, 1.165) is 38.9 Å². The average molecular weight is 288 g/mol. The van der Waals surface area contributed by atoms with E-state index < -0.39 is 10.0 Å². The van der Waals surface area contributed by atoms with Crippen molar-refractivity contribution in [1.29, 1.82) is 0 Å². The highest BCUT2D eigenvalue weighted by molar-refractivity contribution is 7.89. The molecular weight excluding hydrogens is 260 g/mol. The van der Waals surface area contributed by atoms with E-state index in [-0.39, 0.29) is 0 Å². The number of sulfonamides is 1. The Bertz CT molecular complexity index is 367. The predicted molar refractivity (Wildman–Crippen MR) is 78.6 cm³/mol. The van der Waals surface area contributed by atoms with Gasteiger partial charge in [0.15, 0.2) is 0 Å². The smallest absolute Gasteiger partial charge is 0.214 e. The Morgan fingerprint density at radius 3 is 2.42 bits per heavy atom. The molecule has 0 aliphatic carbocycles. The lowest BCUT2D eigenvalue weighted by atomic mass is 9.89. The molecule has 2 aliphatic rings. The van der Waals surface area contributed by atoms with Crippen molar-refractivity contribution in [3.8, 4) is 0 Å². The van der Waals surface area contributed by atoms with Gasteiger partial charge in [0, 0.05) is 19.1 Å². The zero-order valence-corrected chi connectivity index (χ0v) is 13.1. The highest BCUT2D eigenvalue weighted by Crippen LogP contribution is 2.27. The SMILES string of the molecule is CC(C)CCS(=O)(=O)N1CCC(C2CCCN2)CC1. The van der Waals surface area contributed by atoms with Crippen LogP contribution >= 0.6 is 0 Å². The van der Waals surface area contributed by atoms with E-state index in [1.807, 2.05) is 0 Å². The molecule has 2 fully saturated rings. The normalized spacial score (nSPS) is 27.2. The van der Waals surface area contributed by atoms with Crippen LogP contribution in [0.15, 0.2) is 0 Å². The van der Waals surface area contributed by atoms with Gasteiger partial charge in [-0.25, -0.2) is 12.7 Å². The average Bonchev–Trinajstić information content (AvgIpc) is 2.91. The Morgan fingerprint density at radius 1 is 1.21 bits per heavy atom. The molecule has 2 rings (SSSR count). The molecule has 0 aromatic rings. The summed E-state index contributed by atoms with van der Waals surface area (Å²) < 4.78 is 26.2. The molecule has 5 heteroatoms. The molecule has 0 spiro atoms. The van der Waals surface area contributed by atoms with E-state index in [9.17, 15) is 8.42 Å². The molecule has 1 atom stereocenters. The molecule has 1 unspecified atom stereocenters. The standard InChI is InChI=1S/C14H28N2O2S/c1-12(2)7-11-19(17,18)16-9-5-13(6-10-16)14-4-3-8-15-14/h12-15H,3-11H2,1-2H3. The Balaban J connectivity index is 1.81. The summed E-state index contributed by atoms with van der Waals surface area (Å²) in [6.07, 6.45) is 5.37. The molecule has 4 nitrogen and oxygen atoms in total. The summed E-state index contributed by atoms with van der Waals surface area (Å²) in [7, 11) is -3.01. The Labute approximate surface area is 118 Å². The Kier molecular flexibility index (Phi) is 5.26. The molecule has 0 saturated carbocycles. The first-order chi connectivity index (χ1) is 8.99. The number of nitrogens with zero attached hydrogens (tertiary/aromatic N) is 1. The van der Waals surface area contributed by atoms with Gasteiger partial charge in [-0.15, -0.1) is 0 Å². The van der Waals surface area contributed by atoms with Gasteiger partial charge in [0.25, 0.3) is 0 Å². The van der Waals surface area contributed by atoms with Gasteiger partial charge in [0.1, 0.15) is 0 Å². The summed E-state index contributed by atoms with van der Waals surface area (Å²) >= 11 is 0. The van der Waals surface area contributed by atoms with Crippen LogP contribution in [0.5, 0.6) is 0 Å². The summed E-state index contributed by atoms with van der Waals surface area (Å²) in [4.78, 5) is 0. The van der Waals surface area contributed by atoms with E-state index in [2.05, 4.69) is 19.2 Å². The van der Waals surface area contributed by atoms with Gasteiger partial charge in [0.2, 0.25) is 10.0 Å². The van der Waals surface area contributed by atoms with Crippen molar-refractivity contribution in [3.63, 3.8) is 0 Å². The molecule has 2 saturated heterocycles. The second kappa shape index (κ2) is 6.55. The van der Waals surface area contributed by atoms with Crippen molar-refractivity contribution in [1.82, 2.24) is 9.62 Å². The van der Waals surface area contributed by atoms with Crippen LogP contribution in [-0.2, 0) is 10.0 Å². The summed E-state index contributed by atoms with van der Waals surface area (Å²) in [5, 5.41) is 3.55. The number of piperidine rings is 1. The minimum absolute atomic E-state index is 0.316. The third-order valence-electron chi connectivity index (χ3n) is 4.51. The molecule has 0 bridgehead atoms. The fourth-order valence-corrected chi connectivity index (χ4v) is 4.98. The molecule has 2 heterocycles. The zero-order valence-electron chi connectivity index (χ0n) is 12.3. The van der Waals surface area contributed by atoms with Gasteiger partial charge in [-0.1, -0.05) is 13.8 Å². The first-order valence-corrected chi connectivity index (χ1v) is 9.31. The van der Waals surface area contributed by atoms with Gasteiger partial charge in [-0.2, -0.15) is 0 Å². The van der Waals surface area contributed by atoms with Gasteiger partial charge in [0.05, 0.1) is 5.75 Å². The largest absolute Gasteiger partial charge is 0.314 e. The highest BCUT2D eigenvalue weighted by Gasteiger charge is 2.32. The van der Waals surface area contributed by atoms with Crippen molar-refractivity contribution in [3.05, 3.63) is 0 Å². The van der Waals surface area contributed by atoms with Crippen LogP contribution in [0.2, 0.25) is 0 Å². The molecule has 112 valence electrons. The summed E-state index contributed by atoms with van der Waals surface area (Å²) in [6, 6.07) is 0.639. The first kappa shape index (κ1) is 15.3. The number of rotatable bonds is 5. The van der Waals surface area contributed by atoms with Crippen LogP contribution < -0.4 is 5.32 Å². The fraction of sp³-hybridized carbons (Fsp3) is 1.00. The van der Waals surface area contributed by atoms with Crippen molar-refractivity contribution in [2.75, 3.05) is 25.4 Å². The first-order valence-electron chi connectivity index (χ1n) is 7.70. The molecule has 1 N–H and O–H groups in total. The molecule has 0 amide bonds. The van der Waals surface area contributed by atoms with Gasteiger partial charge < -0.3 is 5.32 Å². The second-order valence-corrected chi connectivity index (χ2v) is 8.53. The van der Waals surface area contributed by atoms with Crippen LogP contribution in [-0.4, -0.2) is 44.2 Å². The minimum Gasteiger partial charge on any atom is -0.314 e. The quantitative estimate of drug-likeness (QED) is 0.839. The van der Waals surface area contributed by atoms with Crippen LogP contribution in [0, 0.1) is 11.8 Å². The Hall–Kier alpha value is -0.130. The monoisotopic (exact) mass is 288 g/mol. The number of hydrogen-bond acceptors (Lipinski definition) is 3. The molecule has 2 aliphatic heterocycles. The third-order valence-corrected chi connectivity index (χ3v) is 6.42. The topological polar surface area (TPSA) is 49.4 Å². The number of nitrogens with one attached hydrogen (secondary N) is 1. The van der Waals surface area contributed by atoms with Crippen molar-refractivity contribution in [2.45, 2.75) is 52.0 Å². The van der Waals surface area contributed by atoms with Crippen LogP contribution in [0.4, 0.5) is 0 Å². The van der Waals surface area contributed by atoms with E-state index in [1.165, 1.54) is 12.8 Å². The maximum absolute atomic E-state index is 12.2. The van der Waals surface area contributed by atoms with Crippen LogP contribution in [0.25, 0.3) is 0 Å². The van der Waals surface area contributed by atoms with Crippen LogP contribution in [0.1, 0.15) is 46.0 Å². The molecule has 0 aromatic heterocycles. The van der Waals surface area contributed by atoms with Gasteiger partial charge >= 0.3 is 0 Å². The lowest BCUT2D eigenvalue weighted by Crippen LogP contribution is -2.44. The summed E-state index contributed by atoms with van der Waals surface area (Å²) in [6.45, 7) is 6.74. The maximum atomic E-state index is 12.2. The molecule has 0 radical (unpaired) electrons. The molecule has 0 aromatic carbocycles. The second-order valence-electron chi connectivity index (χ2n) is 6.44. The van der Waals surface area contributed by atoms with E-state index in [4.69, 9.17) is 0 Å². The van der Waals surface area contributed by atoms with Crippen molar-refractivity contribution >= 4 is 10.0 Å². The Morgan fingerprint density at radius 2 is 1.89 bits per heavy atom. The summed E-state index contributed by atoms with van der Waals surface area (Å²) in [5.74, 6) is 1.45. The molecular formula is C14H28N2O2S. The predicted octanol–water partition coefficient (Wildman–Crippen LogP) is 1.83. The lowest BCUT2D eigenvalue weighted by Gasteiger charge is -2.34. The van der Waals surface area contributed by atoms with Crippen molar-refractivity contribution < 1.29 is 8.42 Å². The summed E-state index contributed by atoms with van der Waals surface area (Å²) in [5.41, 5.74) is 0. The zero-order chi connectivity index (χ0) is 13.9.